The number of carbonyl (C=O) groups excluding carboxylic acids is 1. The molecule has 9 nitrogen and oxygen atoms in total. The first kappa shape index (κ1) is 59.2. The normalized spacial score (nSPS) is 20.1. The van der Waals surface area contributed by atoms with Crippen LogP contribution in [0.5, 0.6) is 0 Å². The van der Waals surface area contributed by atoms with E-state index in [0.29, 0.717) is 12.8 Å². The molecule has 1 aliphatic heterocycles. The third kappa shape index (κ3) is 33.6. The Morgan fingerprint density at radius 1 is 0.484 bits per heavy atom. The van der Waals surface area contributed by atoms with Gasteiger partial charge in [-0.3, -0.25) is 4.79 Å². The highest BCUT2D eigenvalue weighted by atomic mass is 16.7. The van der Waals surface area contributed by atoms with E-state index in [1.54, 1.807) is 0 Å². The van der Waals surface area contributed by atoms with Crippen molar-refractivity contribution < 1.29 is 39.8 Å². The average Bonchev–Trinajstić information content (AvgIpc) is 3.27. The smallest absolute Gasteiger partial charge is 0.220 e. The molecule has 6 N–H and O–H groups in total. The van der Waals surface area contributed by atoms with Crippen molar-refractivity contribution in [2.24, 2.45) is 0 Å². The predicted octanol–water partition coefficient (Wildman–Crippen LogP) is 12.7. The van der Waals surface area contributed by atoms with Gasteiger partial charge in [-0.2, -0.15) is 0 Å². The van der Waals surface area contributed by atoms with Crippen molar-refractivity contribution in [3.63, 3.8) is 0 Å². The molecule has 62 heavy (non-hydrogen) atoms. The molecule has 0 spiro atoms. The van der Waals surface area contributed by atoms with Gasteiger partial charge in [0, 0.05) is 6.42 Å². The molecule has 370 valence electrons. The number of unbranched alkanes of at least 4 members (excludes halogenated alkanes) is 37. The second kappa shape index (κ2) is 44.0. The molecule has 1 aliphatic rings. The second-order valence-corrected chi connectivity index (χ2v) is 19.4. The number of aliphatic hydroxyl groups is 5. The minimum absolute atomic E-state index is 0.132. The molecule has 7 atom stereocenters. The molecule has 0 radical (unpaired) electrons. The molecule has 0 aromatic carbocycles. The van der Waals surface area contributed by atoms with E-state index in [1.807, 2.05) is 0 Å². The highest BCUT2D eigenvalue weighted by Crippen LogP contribution is 2.23. The first-order valence-electron chi connectivity index (χ1n) is 27.2. The SMILES string of the molecule is CCCCCCCCCCCCCCCCCCCCCCCCCCCCCCCCC(=O)NC(COC1OC(CO)C(O)C(O)C1O)C(O)CCCCCCCCCCC. The standard InChI is InChI=1S/C53H105NO8/c1-3-5-7-9-11-13-14-15-16-17-18-19-20-21-22-23-24-25-26-27-28-29-30-31-32-33-35-37-39-41-43-49(57)54-46(47(56)42-40-38-36-34-12-10-8-6-4-2)45-61-53-52(60)51(59)50(58)48(44-55)62-53/h46-48,50-53,55-56,58-60H,3-45H2,1-2H3,(H,54,57). The van der Waals surface area contributed by atoms with Gasteiger partial charge in [-0.15, -0.1) is 0 Å². The van der Waals surface area contributed by atoms with Gasteiger partial charge in [0.25, 0.3) is 0 Å². The zero-order valence-corrected chi connectivity index (χ0v) is 40.9. The van der Waals surface area contributed by atoms with Gasteiger partial charge in [0.15, 0.2) is 6.29 Å². The Hall–Kier alpha value is -0.810. The first-order chi connectivity index (χ1) is 30.3. The number of hydrogen-bond donors (Lipinski definition) is 6. The van der Waals surface area contributed by atoms with Crippen LogP contribution >= 0.6 is 0 Å². The molecule has 1 amide bonds. The molecule has 1 heterocycles. The molecular formula is C53H105NO8. The van der Waals surface area contributed by atoms with E-state index in [-0.39, 0.29) is 12.5 Å². The minimum atomic E-state index is -1.55. The van der Waals surface area contributed by atoms with E-state index >= 15 is 0 Å². The Labute approximate surface area is 383 Å². The maximum atomic E-state index is 13.0. The maximum absolute atomic E-state index is 13.0. The van der Waals surface area contributed by atoms with Crippen LogP contribution in [0.2, 0.25) is 0 Å². The summed E-state index contributed by atoms with van der Waals surface area (Å²) in [6.07, 6.45) is 44.5. The summed E-state index contributed by atoms with van der Waals surface area (Å²) in [4.78, 5) is 13.0. The van der Waals surface area contributed by atoms with Gasteiger partial charge in [0.1, 0.15) is 24.4 Å². The maximum Gasteiger partial charge on any atom is 0.220 e. The van der Waals surface area contributed by atoms with Crippen molar-refractivity contribution >= 4 is 5.91 Å². The number of nitrogens with one attached hydrogen (secondary N) is 1. The molecule has 7 unspecified atom stereocenters. The van der Waals surface area contributed by atoms with Crippen molar-refractivity contribution in [2.45, 2.75) is 320 Å². The highest BCUT2D eigenvalue weighted by molar-refractivity contribution is 5.76. The van der Waals surface area contributed by atoms with E-state index in [9.17, 15) is 30.3 Å². The Balaban J connectivity index is 2.06. The molecule has 0 aromatic heterocycles. The van der Waals surface area contributed by atoms with Gasteiger partial charge < -0.3 is 40.3 Å². The van der Waals surface area contributed by atoms with E-state index in [4.69, 9.17) is 9.47 Å². The third-order valence-electron chi connectivity index (χ3n) is 13.5. The van der Waals surface area contributed by atoms with Crippen molar-refractivity contribution in [2.75, 3.05) is 13.2 Å². The molecule has 0 aromatic rings. The summed E-state index contributed by atoms with van der Waals surface area (Å²) in [6, 6.07) is -0.711. The molecule has 0 aliphatic carbocycles. The number of rotatable bonds is 47. The molecular weight excluding hydrogens is 779 g/mol. The van der Waals surface area contributed by atoms with E-state index in [0.717, 1.165) is 38.5 Å². The van der Waals surface area contributed by atoms with Crippen LogP contribution in [0.15, 0.2) is 0 Å². The Morgan fingerprint density at radius 2 is 0.806 bits per heavy atom. The number of carbonyl (C=O) groups is 1. The average molecular weight is 884 g/mol. The quantitative estimate of drug-likeness (QED) is 0.0331. The molecule has 1 saturated heterocycles. The Morgan fingerprint density at radius 3 is 1.15 bits per heavy atom. The molecule has 0 bridgehead atoms. The van der Waals surface area contributed by atoms with Crippen LogP contribution in [-0.4, -0.2) is 87.5 Å². The zero-order valence-electron chi connectivity index (χ0n) is 40.9. The van der Waals surface area contributed by atoms with Crippen LogP contribution < -0.4 is 5.32 Å². The summed E-state index contributed by atoms with van der Waals surface area (Å²) < 4.78 is 11.3. The lowest BCUT2D eigenvalue weighted by molar-refractivity contribution is -0.302. The fourth-order valence-electron chi connectivity index (χ4n) is 9.11. The molecule has 1 fully saturated rings. The second-order valence-electron chi connectivity index (χ2n) is 19.4. The van der Waals surface area contributed by atoms with Crippen LogP contribution in [0.25, 0.3) is 0 Å². The lowest BCUT2D eigenvalue weighted by Crippen LogP contribution is -2.60. The van der Waals surface area contributed by atoms with Crippen LogP contribution in [0.4, 0.5) is 0 Å². The fraction of sp³-hybridized carbons (Fsp3) is 0.981. The van der Waals surface area contributed by atoms with Crippen LogP contribution in [0, 0.1) is 0 Å². The summed E-state index contributed by atoms with van der Waals surface area (Å²) in [5, 5.41) is 54.3. The van der Waals surface area contributed by atoms with E-state index in [1.165, 1.54) is 212 Å². The summed E-state index contributed by atoms with van der Waals surface area (Å²) in [7, 11) is 0. The monoisotopic (exact) mass is 884 g/mol. The Kier molecular flexibility index (Phi) is 42.1. The summed E-state index contributed by atoms with van der Waals surface area (Å²) in [5.74, 6) is -0.140. The van der Waals surface area contributed by atoms with Crippen LogP contribution in [0.1, 0.15) is 277 Å². The molecule has 0 saturated carbocycles. The number of hydrogen-bond acceptors (Lipinski definition) is 8. The van der Waals surface area contributed by atoms with Gasteiger partial charge in [-0.1, -0.05) is 258 Å². The number of ether oxygens (including phenoxy) is 2. The summed E-state index contributed by atoms with van der Waals surface area (Å²) in [6.45, 7) is 3.84. The lowest BCUT2D eigenvalue weighted by Gasteiger charge is -2.40. The van der Waals surface area contributed by atoms with Crippen molar-refractivity contribution in [3.05, 3.63) is 0 Å². The number of aliphatic hydroxyl groups excluding tert-OH is 5. The van der Waals surface area contributed by atoms with Gasteiger partial charge in [0.05, 0.1) is 25.4 Å². The molecule has 9 heteroatoms. The largest absolute Gasteiger partial charge is 0.394 e. The fourth-order valence-corrected chi connectivity index (χ4v) is 9.11. The minimum Gasteiger partial charge on any atom is -0.394 e. The Bertz CT molecular complexity index is 939. The van der Waals surface area contributed by atoms with Gasteiger partial charge in [-0.25, -0.2) is 0 Å². The van der Waals surface area contributed by atoms with Gasteiger partial charge >= 0.3 is 0 Å². The first-order valence-corrected chi connectivity index (χ1v) is 27.2. The van der Waals surface area contributed by atoms with Crippen molar-refractivity contribution in [1.82, 2.24) is 5.32 Å². The molecule has 1 rings (SSSR count). The highest BCUT2D eigenvalue weighted by Gasteiger charge is 2.44. The van der Waals surface area contributed by atoms with E-state index in [2.05, 4.69) is 19.2 Å². The third-order valence-corrected chi connectivity index (χ3v) is 13.5. The van der Waals surface area contributed by atoms with Crippen molar-refractivity contribution in [3.8, 4) is 0 Å². The lowest BCUT2D eigenvalue weighted by atomic mass is 9.99. The van der Waals surface area contributed by atoms with Gasteiger partial charge in [-0.05, 0) is 12.8 Å². The van der Waals surface area contributed by atoms with Crippen LogP contribution in [-0.2, 0) is 14.3 Å². The number of amides is 1. The zero-order chi connectivity index (χ0) is 45.1. The van der Waals surface area contributed by atoms with E-state index < -0.39 is 49.5 Å². The van der Waals surface area contributed by atoms with Gasteiger partial charge in [0.2, 0.25) is 5.91 Å². The summed E-state index contributed by atoms with van der Waals surface area (Å²) in [5.41, 5.74) is 0. The topological polar surface area (TPSA) is 149 Å². The summed E-state index contributed by atoms with van der Waals surface area (Å²) >= 11 is 0. The predicted molar refractivity (Wildman–Crippen MR) is 258 cm³/mol. The van der Waals surface area contributed by atoms with Crippen molar-refractivity contribution in [1.29, 1.82) is 0 Å². The van der Waals surface area contributed by atoms with Crippen LogP contribution in [0.3, 0.4) is 0 Å².